The summed E-state index contributed by atoms with van der Waals surface area (Å²) in [7, 11) is 1.72. The summed E-state index contributed by atoms with van der Waals surface area (Å²) in [6.07, 6.45) is 3.83. The molecule has 3 heterocycles. The highest BCUT2D eigenvalue weighted by Crippen LogP contribution is 2.32. The Labute approximate surface area is 206 Å². The van der Waals surface area contributed by atoms with Gasteiger partial charge in [-0.1, -0.05) is 48.0 Å². The summed E-state index contributed by atoms with van der Waals surface area (Å²) in [4.78, 5) is 15.9. The molecular weight excluding hydrogens is 440 g/mol. The van der Waals surface area contributed by atoms with Gasteiger partial charge in [-0.05, 0) is 38.8 Å². The number of nitrogens with one attached hydrogen (secondary N) is 1. The number of amides is 1. The number of nitrogens with zero attached hydrogens (tertiary/aromatic N) is 3. The van der Waals surface area contributed by atoms with E-state index < -0.39 is 0 Å². The number of rotatable bonds is 7. The third-order valence-corrected chi connectivity index (χ3v) is 7.10. The Balaban J connectivity index is 1.31. The van der Waals surface area contributed by atoms with E-state index in [4.69, 9.17) is 14.6 Å². The maximum absolute atomic E-state index is 13.4. The molecule has 35 heavy (non-hydrogen) atoms. The van der Waals surface area contributed by atoms with Crippen molar-refractivity contribution in [1.82, 2.24) is 20.0 Å². The molecule has 1 N–H and O–H groups in total. The van der Waals surface area contributed by atoms with Crippen molar-refractivity contribution in [2.24, 2.45) is 0 Å². The molecule has 7 heteroatoms. The lowest BCUT2D eigenvalue weighted by Gasteiger charge is -2.48. The lowest BCUT2D eigenvalue weighted by molar-refractivity contribution is -0.0845. The Kier molecular flexibility index (Phi) is 6.88. The minimum Gasteiger partial charge on any atom is -0.496 e. The number of carbonyl (C=O) groups is 1. The summed E-state index contributed by atoms with van der Waals surface area (Å²) in [5.74, 6) is 0.816. The van der Waals surface area contributed by atoms with Crippen LogP contribution >= 0.6 is 0 Å². The number of benzene rings is 2. The molecule has 7 nitrogen and oxygen atoms in total. The van der Waals surface area contributed by atoms with Crippen LogP contribution in [-0.2, 0) is 17.8 Å². The van der Waals surface area contributed by atoms with E-state index in [1.807, 2.05) is 41.1 Å². The number of hydrogen-bond donors (Lipinski definition) is 1. The van der Waals surface area contributed by atoms with E-state index in [0.29, 0.717) is 25.5 Å². The average Bonchev–Trinajstić information content (AvgIpc) is 3.22. The van der Waals surface area contributed by atoms with Crippen LogP contribution in [0.4, 0.5) is 0 Å². The van der Waals surface area contributed by atoms with E-state index in [2.05, 4.69) is 42.3 Å². The zero-order chi connectivity index (χ0) is 24.4. The third-order valence-electron chi connectivity index (χ3n) is 7.10. The van der Waals surface area contributed by atoms with Crippen LogP contribution in [0.15, 0.2) is 60.2 Å². The molecule has 184 valence electrons. The number of ether oxygens (including phenoxy) is 2. The van der Waals surface area contributed by atoms with Crippen LogP contribution in [0.2, 0.25) is 0 Å². The summed E-state index contributed by atoms with van der Waals surface area (Å²) in [6, 6.07) is 16.7. The first-order valence-corrected chi connectivity index (χ1v) is 12.4. The predicted octanol–water partition coefficient (Wildman–Crippen LogP) is 4.17. The first kappa shape index (κ1) is 23.6. The van der Waals surface area contributed by atoms with Crippen LogP contribution in [0.25, 0.3) is 10.9 Å². The molecule has 2 aromatic carbocycles. The maximum Gasteiger partial charge on any atom is 0.272 e. The first-order chi connectivity index (χ1) is 17.0. The number of carbonyl (C=O) groups excluding carboxylic acids is 1. The van der Waals surface area contributed by atoms with E-state index >= 15 is 0 Å². The van der Waals surface area contributed by atoms with Crippen molar-refractivity contribution in [3.63, 3.8) is 0 Å². The number of fused-ring (bicyclic) bond motifs is 3. The molecule has 0 spiro atoms. The second kappa shape index (κ2) is 10.2. The third kappa shape index (κ3) is 4.97. The standard InChI is InChI=1S/C28H34N4O3/c1-19(2)12-13-32-25-10-6-5-9-24(25)27(30-32)28(33)29-21-14-22-17-35-18-23(15-21)31(22)16-20-8-4-7-11-26(20)34-3/h4-12,21-23H,13-18H2,1-3H3,(H,29,33)/t21?,22-,23+. The molecule has 0 radical (unpaired) electrons. The molecule has 1 amide bonds. The molecule has 2 saturated heterocycles. The molecule has 2 fully saturated rings. The van der Waals surface area contributed by atoms with Crippen molar-refractivity contribution in [1.29, 1.82) is 0 Å². The summed E-state index contributed by atoms with van der Waals surface area (Å²) >= 11 is 0. The Hall–Kier alpha value is -3.16. The van der Waals surface area contributed by atoms with Crippen LogP contribution in [0.1, 0.15) is 42.7 Å². The Morgan fingerprint density at radius 2 is 1.83 bits per heavy atom. The SMILES string of the molecule is COc1ccccc1CN1[C@@H]2COC[C@H]1CC(NC(=O)c1nn(CC=C(C)C)c3ccccc13)C2. The van der Waals surface area contributed by atoms with Crippen molar-refractivity contribution in [2.45, 2.75) is 57.9 Å². The van der Waals surface area contributed by atoms with Crippen LogP contribution in [-0.4, -0.2) is 59.0 Å². The molecule has 2 aliphatic rings. The fraction of sp³-hybridized carbons (Fsp3) is 0.429. The number of hydrogen-bond acceptors (Lipinski definition) is 5. The minimum atomic E-state index is -0.0979. The summed E-state index contributed by atoms with van der Waals surface area (Å²) in [5, 5.41) is 8.90. The van der Waals surface area contributed by atoms with E-state index in [1.165, 1.54) is 11.1 Å². The van der Waals surface area contributed by atoms with E-state index in [-0.39, 0.29) is 24.0 Å². The van der Waals surface area contributed by atoms with Crippen LogP contribution in [0.5, 0.6) is 5.75 Å². The van der Waals surface area contributed by atoms with Crippen molar-refractivity contribution in [2.75, 3.05) is 20.3 Å². The number of morpholine rings is 1. The largest absolute Gasteiger partial charge is 0.496 e. The Bertz CT molecular complexity index is 1220. The molecule has 2 aliphatic heterocycles. The highest BCUT2D eigenvalue weighted by atomic mass is 16.5. The summed E-state index contributed by atoms with van der Waals surface area (Å²) in [6.45, 7) is 6.97. The number of piperidine rings is 1. The number of allylic oxidation sites excluding steroid dienone is 2. The highest BCUT2D eigenvalue weighted by molar-refractivity contribution is 6.05. The van der Waals surface area contributed by atoms with Crippen molar-refractivity contribution < 1.29 is 14.3 Å². The molecule has 0 aliphatic carbocycles. The molecular formula is C28H34N4O3. The summed E-state index contributed by atoms with van der Waals surface area (Å²) < 4.78 is 13.4. The van der Waals surface area contributed by atoms with Gasteiger partial charge in [0, 0.05) is 35.6 Å². The minimum absolute atomic E-state index is 0.0945. The van der Waals surface area contributed by atoms with Gasteiger partial charge in [-0.3, -0.25) is 14.4 Å². The van der Waals surface area contributed by atoms with Gasteiger partial charge in [-0.15, -0.1) is 0 Å². The molecule has 3 atom stereocenters. The normalized spacial score (nSPS) is 22.1. The van der Waals surface area contributed by atoms with Crippen LogP contribution in [0.3, 0.4) is 0 Å². The fourth-order valence-corrected chi connectivity index (χ4v) is 5.35. The lowest BCUT2D eigenvalue weighted by Crippen LogP contribution is -2.60. The van der Waals surface area contributed by atoms with Crippen molar-refractivity contribution in [3.8, 4) is 5.75 Å². The summed E-state index contributed by atoms with van der Waals surface area (Å²) in [5.41, 5.74) is 3.89. The zero-order valence-electron chi connectivity index (χ0n) is 20.7. The van der Waals surface area contributed by atoms with Gasteiger partial charge in [0.15, 0.2) is 5.69 Å². The van der Waals surface area contributed by atoms with Gasteiger partial charge in [0.1, 0.15) is 5.75 Å². The molecule has 5 rings (SSSR count). The second-order valence-corrected chi connectivity index (χ2v) is 9.80. The van der Waals surface area contributed by atoms with Gasteiger partial charge < -0.3 is 14.8 Å². The molecule has 2 bridgehead atoms. The van der Waals surface area contributed by atoms with E-state index in [1.54, 1.807) is 7.11 Å². The lowest BCUT2D eigenvalue weighted by atomic mass is 9.89. The second-order valence-electron chi connectivity index (χ2n) is 9.80. The van der Waals surface area contributed by atoms with Gasteiger partial charge in [-0.2, -0.15) is 5.10 Å². The predicted molar refractivity (Wildman–Crippen MR) is 137 cm³/mol. The van der Waals surface area contributed by atoms with Gasteiger partial charge in [-0.25, -0.2) is 0 Å². The number of aromatic nitrogens is 2. The monoisotopic (exact) mass is 474 g/mol. The van der Waals surface area contributed by atoms with Gasteiger partial charge in [0.2, 0.25) is 0 Å². The zero-order valence-corrected chi connectivity index (χ0v) is 20.7. The van der Waals surface area contributed by atoms with Crippen molar-refractivity contribution >= 4 is 16.8 Å². The van der Waals surface area contributed by atoms with Crippen LogP contribution < -0.4 is 10.1 Å². The maximum atomic E-state index is 13.4. The quantitative estimate of drug-likeness (QED) is 0.521. The Morgan fingerprint density at radius 1 is 1.11 bits per heavy atom. The van der Waals surface area contributed by atoms with Crippen molar-refractivity contribution in [3.05, 3.63) is 71.4 Å². The molecule has 1 aromatic heterocycles. The highest BCUT2D eigenvalue weighted by Gasteiger charge is 2.40. The number of para-hydroxylation sites is 2. The Morgan fingerprint density at radius 3 is 2.57 bits per heavy atom. The topological polar surface area (TPSA) is 68.6 Å². The van der Waals surface area contributed by atoms with Gasteiger partial charge >= 0.3 is 0 Å². The first-order valence-electron chi connectivity index (χ1n) is 12.4. The van der Waals surface area contributed by atoms with Gasteiger partial charge in [0.25, 0.3) is 5.91 Å². The molecule has 0 saturated carbocycles. The van der Waals surface area contributed by atoms with Crippen LogP contribution in [0, 0.1) is 0 Å². The van der Waals surface area contributed by atoms with E-state index in [0.717, 1.165) is 36.0 Å². The number of methoxy groups -OCH3 is 1. The van der Waals surface area contributed by atoms with Gasteiger partial charge in [0.05, 0.1) is 32.4 Å². The molecule has 1 unspecified atom stereocenters. The molecule has 3 aromatic rings. The fourth-order valence-electron chi connectivity index (χ4n) is 5.35. The van der Waals surface area contributed by atoms with E-state index in [9.17, 15) is 4.79 Å². The average molecular weight is 475 g/mol. The smallest absolute Gasteiger partial charge is 0.272 e.